The van der Waals surface area contributed by atoms with Gasteiger partial charge in [-0.25, -0.2) is 15.8 Å². The van der Waals surface area contributed by atoms with Gasteiger partial charge in [0.2, 0.25) is 0 Å². The third kappa shape index (κ3) is 4.05. The van der Waals surface area contributed by atoms with Crippen molar-refractivity contribution in [1.82, 2.24) is 9.97 Å². The van der Waals surface area contributed by atoms with Crippen LogP contribution in [-0.2, 0) is 10.2 Å². The minimum absolute atomic E-state index is 0.109. The van der Waals surface area contributed by atoms with Gasteiger partial charge in [0.1, 0.15) is 17.5 Å². The highest BCUT2D eigenvalue weighted by molar-refractivity contribution is 5.47. The van der Waals surface area contributed by atoms with Gasteiger partial charge in [0.05, 0.1) is 0 Å². The zero-order valence-corrected chi connectivity index (χ0v) is 12.6. The van der Waals surface area contributed by atoms with Gasteiger partial charge in [-0.3, -0.25) is 0 Å². The fourth-order valence-corrected chi connectivity index (χ4v) is 2.16. The van der Waals surface area contributed by atoms with Crippen molar-refractivity contribution in [2.24, 2.45) is 11.8 Å². The molecule has 1 fully saturated rings. The summed E-state index contributed by atoms with van der Waals surface area (Å²) in [6.07, 6.45) is 2.26. The Bertz CT molecular complexity index is 438. The van der Waals surface area contributed by atoms with E-state index in [0.717, 1.165) is 44.2 Å². The number of nitrogen functional groups attached to an aromatic ring is 1. The summed E-state index contributed by atoms with van der Waals surface area (Å²) in [6.45, 7) is 8.92. The van der Waals surface area contributed by atoms with E-state index in [1.807, 2.05) is 6.07 Å². The van der Waals surface area contributed by atoms with Crippen LogP contribution < -0.4 is 16.6 Å². The first-order valence-electron chi connectivity index (χ1n) is 7.17. The molecule has 1 saturated heterocycles. The molecule has 20 heavy (non-hydrogen) atoms. The molecule has 0 spiro atoms. The van der Waals surface area contributed by atoms with E-state index in [1.165, 1.54) is 0 Å². The average Bonchev–Trinajstić information content (AvgIpc) is 2.90. The Morgan fingerprint density at radius 1 is 1.35 bits per heavy atom. The summed E-state index contributed by atoms with van der Waals surface area (Å²) in [5.41, 5.74) is 2.49. The molecular weight excluding hydrogens is 254 g/mol. The van der Waals surface area contributed by atoms with Crippen molar-refractivity contribution in [1.29, 1.82) is 0 Å². The van der Waals surface area contributed by atoms with E-state index >= 15 is 0 Å². The number of ether oxygens (including phenoxy) is 1. The number of hydrogen-bond donors (Lipinski definition) is 3. The average molecular weight is 279 g/mol. The molecule has 1 aliphatic heterocycles. The van der Waals surface area contributed by atoms with E-state index in [-0.39, 0.29) is 5.41 Å². The van der Waals surface area contributed by atoms with E-state index in [9.17, 15) is 0 Å². The summed E-state index contributed by atoms with van der Waals surface area (Å²) < 4.78 is 5.38. The highest BCUT2D eigenvalue weighted by atomic mass is 16.5. The molecule has 0 amide bonds. The number of rotatable bonds is 5. The fourth-order valence-electron chi connectivity index (χ4n) is 2.16. The molecular formula is C14H25N5O. The molecule has 2 heterocycles. The lowest BCUT2D eigenvalue weighted by atomic mass is 9.96. The molecule has 6 heteroatoms. The van der Waals surface area contributed by atoms with Crippen LogP contribution in [-0.4, -0.2) is 29.7 Å². The summed E-state index contributed by atoms with van der Waals surface area (Å²) in [6, 6.07) is 1.83. The van der Waals surface area contributed by atoms with Crippen LogP contribution in [0.4, 0.5) is 11.6 Å². The SMILES string of the molecule is CC(C)(C)c1nc(NN)cc(NCCC2CCOC2)n1. The Labute approximate surface area is 120 Å². The van der Waals surface area contributed by atoms with Gasteiger partial charge in [-0.2, -0.15) is 0 Å². The van der Waals surface area contributed by atoms with Crippen molar-refractivity contribution >= 4 is 11.6 Å². The Morgan fingerprint density at radius 2 is 2.10 bits per heavy atom. The predicted octanol–water partition coefficient (Wildman–Crippen LogP) is 1.90. The zero-order chi connectivity index (χ0) is 14.6. The van der Waals surface area contributed by atoms with Crippen molar-refractivity contribution in [3.8, 4) is 0 Å². The van der Waals surface area contributed by atoms with E-state index < -0.39 is 0 Å². The number of hydrogen-bond acceptors (Lipinski definition) is 6. The second-order valence-electron chi connectivity index (χ2n) is 6.30. The summed E-state index contributed by atoms with van der Waals surface area (Å²) in [5, 5.41) is 3.36. The Kier molecular flexibility index (Phi) is 4.77. The quantitative estimate of drug-likeness (QED) is 0.564. The van der Waals surface area contributed by atoms with Crippen molar-refractivity contribution in [3.63, 3.8) is 0 Å². The van der Waals surface area contributed by atoms with E-state index in [1.54, 1.807) is 0 Å². The van der Waals surface area contributed by atoms with E-state index in [2.05, 4.69) is 41.5 Å². The molecule has 0 bridgehead atoms. The molecule has 0 aromatic carbocycles. The van der Waals surface area contributed by atoms with Crippen LogP contribution in [0, 0.1) is 5.92 Å². The molecule has 0 radical (unpaired) electrons. The van der Waals surface area contributed by atoms with E-state index in [0.29, 0.717) is 11.7 Å². The van der Waals surface area contributed by atoms with Crippen LogP contribution in [0.1, 0.15) is 39.4 Å². The molecule has 4 N–H and O–H groups in total. The smallest absolute Gasteiger partial charge is 0.145 e. The van der Waals surface area contributed by atoms with Gasteiger partial charge >= 0.3 is 0 Å². The summed E-state index contributed by atoms with van der Waals surface area (Å²) in [5.74, 6) is 8.37. The normalized spacial score (nSPS) is 19.1. The molecule has 0 aliphatic carbocycles. The highest BCUT2D eigenvalue weighted by Crippen LogP contribution is 2.22. The van der Waals surface area contributed by atoms with Crippen LogP contribution in [0.15, 0.2) is 6.07 Å². The van der Waals surface area contributed by atoms with E-state index in [4.69, 9.17) is 10.6 Å². The largest absolute Gasteiger partial charge is 0.381 e. The molecule has 2 rings (SSSR count). The lowest BCUT2D eigenvalue weighted by Crippen LogP contribution is -2.20. The topological polar surface area (TPSA) is 85.1 Å². The number of nitrogens with zero attached hydrogens (tertiary/aromatic N) is 2. The molecule has 1 aromatic rings. The van der Waals surface area contributed by atoms with Crippen LogP contribution in [0.25, 0.3) is 0 Å². The highest BCUT2D eigenvalue weighted by Gasteiger charge is 2.19. The zero-order valence-electron chi connectivity index (χ0n) is 12.6. The van der Waals surface area contributed by atoms with Gasteiger partial charge in [0, 0.05) is 31.2 Å². The first kappa shape index (κ1) is 15.0. The van der Waals surface area contributed by atoms with Crippen LogP contribution >= 0.6 is 0 Å². The maximum absolute atomic E-state index is 5.47. The first-order chi connectivity index (χ1) is 9.49. The maximum Gasteiger partial charge on any atom is 0.145 e. The van der Waals surface area contributed by atoms with Gasteiger partial charge in [-0.05, 0) is 18.8 Å². The molecule has 6 nitrogen and oxygen atoms in total. The third-order valence-corrected chi connectivity index (χ3v) is 3.43. The molecule has 0 saturated carbocycles. The maximum atomic E-state index is 5.47. The van der Waals surface area contributed by atoms with Crippen molar-refractivity contribution in [2.75, 3.05) is 30.5 Å². The van der Waals surface area contributed by atoms with Crippen LogP contribution in [0.3, 0.4) is 0 Å². The lowest BCUT2D eigenvalue weighted by molar-refractivity contribution is 0.185. The van der Waals surface area contributed by atoms with Gasteiger partial charge in [0.15, 0.2) is 0 Å². The summed E-state index contributed by atoms with van der Waals surface area (Å²) >= 11 is 0. The molecule has 1 aromatic heterocycles. The molecule has 1 aliphatic rings. The van der Waals surface area contributed by atoms with Gasteiger partial charge in [-0.15, -0.1) is 0 Å². The number of anilines is 2. The third-order valence-electron chi connectivity index (χ3n) is 3.43. The number of nitrogens with two attached hydrogens (primary N) is 1. The van der Waals surface area contributed by atoms with Crippen LogP contribution in [0.2, 0.25) is 0 Å². The van der Waals surface area contributed by atoms with Gasteiger partial charge in [0.25, 0.3) is 0 Å². The summed E-state index contributed by atoms with van der Waals surface area (Å²) in [4.78, 5) is 8.97. The monoisotopic (exact) mass is 279 g/mol. The Balaban J connectivity index is 1.98. The Hall–Kier alpha value is -1.40. The van der Waals surface area contributed by atoms with Crippen molar-refractivity contribution in [2.45, 2.75) is 39.0 Å². The van der Waals surface area contributed by atoms with Gasteiger partial charge < -0.3 is 15.5 Å². The number of hydrazine groups is 1. The predicted molar refractivity (Wildman–Crippen MR) is 80.6 cm³/mol. The first-order valence-corrected chi connectivity index (χ1v) is 7.17. The van der Waals surface area contributed by atoms with Crippen molar-refractivity contribution < 1.29 is 4.74 Å². The summed E-state index contributed by atoms with van der Waals surface area (Å²) in [7, 11) is 0. The number of nitrogens with one attached hydrogen (secondary N) is 2. The number of aromatic nitrogens is 2. The standard InChI is InChI=1S/C14H25N5O/c1-14(2,3)13-17-11(8-12(18-13)19-15)16-6-4-10-5-7-20-9-10/h8,10H,4-7,9,15H2,1-3H3,(H2,16,17,18,19). The van der Waals surface area contributed by atoms with Crippen molar-refractivity contribution in [3.05, 3.63) is 11.9 Å². The minimum Gasteiger partial charge on any atom is -0.381 e. The molecule has 1 atom stereocenters. The van der Waals surface area contributed by atoms with Gasteiger partial charge in [-0.1, -0.05) is 20.8 Å². The molecule has 112 valence electrons. The minimum atomic E-state index is -0.109. The second kappa shape index (κ2) is 6.37. The Morgan fingerprint density at radius 3 is 2.70 bits per heavy atom. The molecule has 1 unspecified atom stereocenters. The van der Waals surface area contributed by atoms with Crippen LogP contribution in [0.5, 0.6) is 0 Å². The lowest BCUT2D eigenvalue weighted by Gasteiger charge is -2.19. The fraction of sp³-hybridized carbons (Fsp3) is 0.714. The second-order valence-corrected chi connectivity index (χ2v) is 6.30.